The molecule has 0 bridgehead atoms. The van der Waals surface area contributed by atoms with Gasteiger partial charge in [-0.3, -0.25) is 14.9 Å². The highest BCUT2D eigenvalue weighted by Gasteiger charge is 2.18. The molecule has 0 unspecified atom stereocenters. The van der Waals surface area contributed by atoms with E-state index in [4.69, 9.17) is 21.1 Å². The number of non-ortho nitro benzene ring substituents is 1. The molecule has 2 rings (SSSR count). The third-order valence-electron chi connectivity index (χ3n) is 3.46. The number of carbonyl (C=O) groups is 1. The van der Waals surface area contributed by atoms with Gasteiger partial charge in [0.1, 0.15) is 5.82 Å². The quantitative estimate of drug-likeness (QED) is 0.541. The lowest BCUT2D eigenvalue weighted by atomic mass is 10.1. The molecule has 2 aromatic rings. The Hall–Kier alpha value is -2.87. The predicted molar refractivity (Wildman–Crippen MR) is 99.3 cm³/mol. The largest absolute Gasteiger partial charge is 0.493 e. The fraction of sp³-hybridized carbons (Fsp3) is 0.278. The number of hydrogen-bond donors (Lipinski definition) is 1. The fourth-order valence-corrected chi connectivity index (χ4v) is 2.42. The summed E-state index contributed by atoms with van der Waals surface area (Å²) in [6, 6.07) is 5.60. The minimum atomic E-state index is -0.802. The first kappa shape index (κ1) is 20.4. The Balaban J connectivity index is 2.30. The lowest BCUT2D eigenvalue weighted by molar-refractivity contribution is -0.384. The third kappa shape index (κ3) is 5.07. The van der Waals surface area contributed by atoms with Crippen LogP contribution in [-0.4, -0.2) is 24.5 Å². The van der Waals surface area contributed by atoms with E-state index < -0.39 is 16.6 Å². The molecule has 0 atom stereocenters. The number of hydrogen-bond acceptors (Lipinski definition) is 5. The maximum atomic E-state index is 13.9. The first-order chi connectivity index (χ1) is 12.7. The molecule has 27 heavy (non-hydrogen) atoms. The van der Waals surface area contributed by atoms with Crippen LogP contribution in [0, 0.1) is 21.8 Å². The van der Waals surface area contributed by atoms with Crippen molar-refractivity contribution in [2.75, 3.05) is 19.0 Å². The molecule has 0 saturated carbocycles. The lowest BCUT2D eigenvalue weighted by Gasteiger charge is -2.15. The molecule has 1 amide bonds. The van der Waals surface area contributed by atoms with Crippen molar-refractivity contribution < 1.29 is 23.6 Å². The standard InChI is InChI=1S/C18H18ClFN2O5/c1-10(2)9-27-17-13(19)6-11(7-16(17)26-3)18(23)21-15-8-12(22(24)25)4-5-14(15)20/h4-8,10H,9H2,1-3H3,(H,21,23). The van der Waals surface area contributed by atoms with E-state index in [0.29, 0.717) is 12.4 Å². The van der Waals surface area contributed by atoms with Crippen LogP contribution >= 0.6 is 11.6 Å². The van der Waals surface area contributed by atoms with E-state index in [0.717, 1.165) is 18.2 Å². The maximum absolute atomic E-state index is 13.9. The van der Waals surface area contributed by atoms with Gasteiger partial charge >= 0.3 is 0 Å². The van der Waals surface area contributed by atoms with Crippen LogP contribution in [0.3, 0.4) is 0 Å². The van der Waals surface area contributed by atoms with Gasteiger partial charge < -0.3 is 14.8 Å². The second-order valence-corrected chi connectivity index (χ2v) is 6.48. The van der Waals surface area contributed by atoms with Crippen molar-refractivity contribution in [1.29, 1.82) is 0 Å². The average molecular weight is 397 g/mol. The van der Waals surface area contributed by atoms with Gasteiger partial charge in [-0.2, -0.15) is 0 Å². The van der Waals surface area contributed by atoms with Crippen LogP contribution < -0.4 is 14.8 Å². The van der Waals surface area contributed by atoms with Crippen LogP contribution in [-0.2, 0) is 0 Å². The van der Waals surface area contributed by atoms with E-state index in [-0.39, 0.29) is 33.6 Å². The molecule has 2 aromatic carbocycles. The molecule has 0 fully saturated rings. The van der Waals surface area contributed by atoms with E-state index in [1.807, 2.05) is 13.8 Å². The fourth-order valence-electron chi connectivity index (χ4n) is 2.16. The highest BCUT2D eigenvalue weighted by Crippen LogP contribution is 2.37. The Morgan fingerprint density at radius 1 is 1.33 bits per heavy atom. The predicted octanol–water partition coefficient (Wildman–Crippen LogP) is 4.68. The number of benzene rings is 2. The van der Waals surface area contributed by atoms with Gasteiger partial charge in [-0.15, -0.1) is 0 Å². The van der Waals surface area contributed by atoms with Gasteiger partial charge in [-0.05, 0) is 24.1 Å². The summed E-state index contributed by atoms with van der Waals surface area (Å²) in [5.41, 5.74) is -0.580. The van der Waals surface area contributed by atoms with E-state index in [1.165, 1.54) is 19.2 Å². The smallest absolute Gasteiger partial charge is 0.271 e. The van der Waals surface area contributed by atoms with E-state index in [2.05, 4.69) is 5.32 Å². The summed E-state index contributed by atoms with van der Waals surface area (Å²) < 4.78 is 24.7. The molecular formula is C18H18ClFN2O5. The van der Waals surface area contributed by atoms with E-state index in [1.54, 1.807) is 0 Å². The number of carbonyl (C=O) groups excluding carboxylic acids is 1. The summed E-state index contributed by atoms with van der Waals surface area (Å²) in [6.07, 6.45) is 0. The van der Waals surface area contributed by atoms with Gasteiger partial charge in [0.25, 0.3) is 11.6 Å². The molecule has 9 heteroatoms. The van der Waals surface area contributed by atoms with Crippen molar-refractivity contribution in [1.82, 2.24) is 0 Å². The number of methoxy groups -OCH3 is 1. The van der Waals surface area contributed by atoms with Crippen LogP contribution in [0.15, 0.2) is 30.3 Å². The Bertz CT molecular complexity index is 873. The van der Waals surface area contributed by atoms with Crippen molar-refractivity contribution >= 4 is 28.9 Å². The second-order valence-electron chi connectivity index (χ2n) is 6.07. The summed E-state index contributed by atoms with van der Waals surface area (Å²) in [5, 5.41) is 13.3. The van der Waals surface area contributed by atoms with E-state index in [9.17, 15) is 19.3 Å². The number of anilines is 1. The first-order valence-corrected chi connectivity index (χ1v) is 8.36. The maximum Gasteiger partial charge on any atom is 0.271 e. The molecular weight excluding hydrogens is 379 g/mol. The molecule has 0 aliphatic rings. The summed E-state index contributed by atoms with van der Waals surface area (Å²) in [7, 11) is 1.40. The Labute approximate surface area is 160 Å². The first-order valence-electron chi connectivity index (χ1n) is 7.98. The van der Waals surface area contributed by atoms with Crippen LogP contribution in [0.25, 0.3) is 0 Å². The minimum absolute atomic E-state index is 0.0830. The van der Waals surface area contributed by atoms with Crippen molar-refractivity contribution in [3.8, 4) is 11.5 Å². The van der Waals surface area contributed by atoms with Crippen molar-refractivity contribution in [2.24, 2.45) is 5.92 Å². The van der Waals surface area contributed by atoms with Crippen LogP contribution in [0.4, 0.5) is 15.8 Å². The number of ether oxygens (including phenoxy) is 2. The highest BCUT2D eigenvalue weighted by molar-refractivity contribution is 6.32. The van der Waals surface area contributed by atoms with Crippen molar-refractivity contribution in [3.63, 3.8) is 0 Å². The highest BCUT2D eigenvalue weighted by atomic mass is 35.5. The molecule has 0 heterocycles. The normalized spacial score (nSPS) is 10.6. The molecule has 144 valence electrons. The second kappa shape index (κ2) is 8.68. The average Bonchev–Trinajstić information content (AvgIpc) is 2.61. The number of amides is 1. The number of nitro benzene ring substituents is 1. The topological polar surface area (TPSA) is 90.7 Å². The Morgan fingerprint density at radius 3 is 2.63 bits per heavy atom. The summed E-state index contributed by atoms with van der Waals surface area (Å²) >= 11 is 6.19. The van der Waals surface area contributed by atoms with Gasteiger partial charge in [0.2, 0.25) is 0 Å². The number of rotatable bonds is 7. The van der Waals surface area contributed by atoms with Crippen molar-refractivity contribution in [2.45, 2.75) is 13.8 Å². The SMILES string of the molecule is COc1cc(C(=O)Nc2cc([N+](=O)[O-])ccc2F)cc(Cl)c1OCC(C)C. The molecule has 0 aliphatic heterocycles. The third-order valence-corrected chi connectivity index (χ3v) is 3.74. The summed E-state index contributed by atoms with van der Waals surface area (Å²) in [5.74, 6) is -0.710. The summed E-state index contributed by atoms with van der Waals surface area (Å²) in [4.78, 5) is 22.6. The van der Waals surface area contributed by atoms with Crippen LogP contribution in [0.5, 0.6) is 11.5 Å². The molecule has 0 radical (unpaired) electrons. The van der Waals surface area contributed by atoms with E-state index >= 15 is 0 Å². The zero-order chi connectivity index (χ0) is 20.1. The van der Waals surface area contributed by atoms with Gasteiger partial charge in [-0.25, -0.2) is 4.39 Å². The van der Waals surface area contributed by atoms with Gasteiger partial charge in [0.05, 0.1) is 29.4 Å². The molecule has 0 aliphatic carbocycles. The minimum Gasteiger partial charge on any atom is -0.493 e. The van der Waals surface area contributed by atoms with Gasteiger partial charge in [0.15, 0.2) is 11.5 Å². The monoisotopic (exact) mass is 396 g/mol. The molecule has 1 N–H and O–H groups in total. The molecule has 0 saturated heterocycles. The number of nitro groups is 1. The number of halogens is 2. The van der Waals surface area contributed by atoms with Crippen LogP contribution in [0.2, 0.25) is 5.02 Å². The molecule has 0 aromatic heterocycles. The van der Waals surface area contributed by atoms with Crippen molar-refractivity contribution in [3.05, 3.63) is 56.8 Å². The lowest BCUT2D eigenvalue weighted by Crippen LogP contribution is -2.14. The Kier molecular flexibility index (Phi) is 6.57. The molecule has 7 nitrogen and oxygen atoms in total. The number of nitrogens with one attached hydrogen (secondary N) is 1. The Morgan fingerprint density at radius 2 is 2.04 bits per heavy atom. The van der Waals surface area contributed by atoms with Gasteiger partial charge in [0, 0.05) is 17.7 Å². The zero-order valence-electron chi connectivity index (χ0n) is 14.9. The summed E-state index contributed by atoms with van der Waals surface area (Å²) in [6.45, 7) is 4.34. The van der Waals surface area contributed by atoms with Gasteiger partial charge in [-0.1, -0.05) is 25.4 Å². The van der Waals surface area contributed by atoms with Crippen LogP contribution in [0.1, 0.15) is 24.2 Å². The molecule has 0 spiro atoms. The number of nitrogens with zero attached hydrogens (tertiary/aromatic N) is 1. The zero-order valence-corrected chi connectivity index (χ0v) is 15.7.